The van der Waals surface area contributed by atoms with Gasteiger partial charge in [-0.1, -0.05) is 23.1 Å². The number of nitrogens with zero attached hydrogens (tertiary/aromatic N) is 6. The first-order chi connectivity index (χ1) is 11.5. The van der Waals surface area contributed by atoms with Crippen LogP contribution in [0.4, 0.5) is 5.13 Å². The summed E-state index contributed by atoms with van der Waals surface area (Å²) >= 11 is 2.68. The number of aryl methyl sites for hydroxylation is 1. The van der Waals surface area contributed by atoms with Gasteiger partial charge in [-0.15, -0.1) is 20.4 Å². The van der Waals surface area contributed by atoms with Gasteiger partial charge in [0.25, 0.3) is 0 Å². The van der Waals surface area contributed by atoms with E-state index >= 15 is 0 Å². The predicted molar refractivity (Wildman–Crippen MR) is 92.8 cm³/mol. The molecular formula is C14H15N7OS2. The molecule has 3 aromatic rings. The van der Waals surface area contributed by atoms with Gasteiger partial charge in [0.15, 0.2) is 11.0 Å². The van der Waals surface area contributed by atoms with E-state index in [9.17, 15) is 4.79 Å². The second-order valence-electron chi connectivity index (χ2n) is 4.98. The molecule has 1 amide bonds. The van der Waals surface area contributed by atoms with Crippen LogP contribution in [0.3, 0.4) is 0 Å². The van der Waals surface area contributed by atoms with Gasteiger partial charge in [0.05, 0.1) is 5.25 Å². The molecule has 3 aromatic heterocycles. The van der Waals surface area contributed by atoms with Crippen molar-refractivity contribution in [1.29, 1.82) is 0 Å². The zero-order valence-corrected chi connectivity index (χ0v) is 14.9. The van der Waals surface area contributed by atoms with E-state index in [1.807, 2.05) is 37.6 Å². The van der Waals surface area contributed by atoms with Crippen molar-refractivity contribution >= 4 is 34.1 Å². The highest BCUT2D eigenvalue weighted by Gasteiger charge is 2.20. The first-order valence-corrected chi connectivity index (χ1v) is 8.81. The van der Waals surface area contributed by atoms with Gasteiger partial charge in [0, 0.05) is 25.0 Å². The molecule has 0 bridgehead atoms. The zero-order valence-electron chi connectivity index (χ0n) is 13.3. The molecule has 0 spiro atoms. The van der Waals surface area contributed by atoms with E-state index in [4.69, 9.17) is 0 Å². The number of aromatic nitrogens is 6. The summed E-state index contributed by atoms with van der Waals surface area (Å²) in [4.78, 5) is 16.3. The summed E-state index contributed by atoms with van der Waals surface area (Å²) < 4.78 is 1.86. The third-order valence-corrected chi connectivity index (χ3v) is 5.07. The third-order valence-electron chi connectivity index (χ3n) is 3.18. The molecule has 1 atom stereocenters. The number of nitrogens with one attached hydrogen (secondary N) is 1. The summed E-state index contributed by atoms with van der Waals surface area (Å²) in [6, 6.07) is 3.73. The van der Waals surface area contributed by atoms with Crippen LogP contribution in [0.2, 0.25) is 0 Å². The number of carbonyl (C=O) groups excluding carboxylic acids is 1. The third kappa shape index (κ3) is 3.60. The highest BCUT2D eigenvalue weighted by Crippen LogP contribution is 2.26. The molecule has 0 unspecified atom stereocenters. The standard InChI is InChI=1S/C14H15N7OS2/c1-8(12(22)16-13-19-17-9(2)24-13)23-14-20-18-11(21(14)3)10-4-6-15-7-5-10/h4-8H,1-3H3,(H,16,19,22)/t8-/m0/s1. The van der Waals surface area contributed by atoms with Crippen LogP contribution in [0, 0.1) is 6.92 Å². The Bertz CT molecular complexity index is 846. The van der Waals surface area contributed by atoms with Gasteiger partial charge < -0.3 is 4.57 Å². The van der Waals surface area contributed by atoms with Crippen molar-refractivity contribution in [3.63, 3.8) is 0 Å². The van der Waals surface area contributed by atoms with Crippen LogP contribution in [0.25, 0.3) is 11.4 Å². The molecule has 10 heteroatoms. The van der Waals surface area contributed by atoms with Gasteiger partial charge in [0.2, 0.25) is 11.0 Å². The van der Waals surface area contributed by atoms with Gasteiger partial charge in [-0.05, 0) is 26.0 Å². The Balaban J connectivity index is 1.69. The van der Waals surface area contributed by atoms with Crippen LogP contribution >= 0.6 is 23.1 Å². The minimum Gasteiger partial charge on any atom is -0.305 e. The van der Waals surface area contributed by atoms with Gasteiger partial charge in [-0.25, -0.2) is 0 Å². The van der Waals surface area contributed by atoms with Gasteiger partial charge in [0.1, 0.15) is 5.01 Å². The summed E-state index contributed by atoms with van der Waals surface area (Å²) in [5.74, 6) is 0.580. The Hall–Kier alpha value is -2.33. The lowest BCUT2D eigenvalue weighted by molar-refractivity contribution is -0.115. The lowest BCUT2D eigenvalue weighted by Crippen LogP contribution is -2.22. The van der Waals surface area contributed by atoms with Crippen LogP contribution in [-0.4, -0.2) is 41.1 Å². The predicted octanol–water partition coefficient (Wildman–Crippen LogP) is 2.16. The van der Waals surface area contributed by atoms with Crippen molar-refractivity contribution in [2.75, 3.05) is 5.32 Å². The van der Waals surface area contributed by atoms with E-state index in [0.717, 1.165) is 16.4 Å². The Kier molecular flexibility index (Phi) is 4.86. The fraction of sp³-hybridized carbons (Fsp3) is 0.286. The van der Waals surface area contributed by atoms with Crippen LogP contribution in [0.5, 0.6) is 0 Å². The number of anilines is 1. The first kappa shape index (κ1) is 16.5. The lowest BCUT2D eigenvalue weighted by atomic mass is 10.2. The Labute approximate surface area is 146 Å². The van der Waals surface area contributed by atoms with E-state index < -0.39 is 0 Å². The lowest BCUT2D eigenvalue weighted by Gasteiger charge is -2.09. The quantitative estimate of drug-likeness (QED) is 0.695. The fourth-order valence-electron chi connectivity index (χ4n) is 1.94. The van der Waals surface area contributed by atoms with E-state index in [2.05, 4.69) is 30.7 Å². The second-order valence-corrected chi connectivity index (χ2v) is 7.47. The highest BCUT2D eigenvalue weighted by atomic mass is 32.2. The molecule has 0 aliphatic heterocycles. The molecule has 8 nitrogen and oxygen atoms in total. The van der Waals surface area contributed by atoms with E-state index in [-0.39, 0.29) is 11.2 Å². The molecule has 1 N–H and O–H groups in total. The minimum atomic E-state index is -0.345. The fourth-order valence-corrected chi connectivity index (χ4v) is 3.35. The molecule has 0 aliphatic carbocycles. The monoisotopic (exact) mass is 361 g/mol. The molecule has 0 radical (unpaired) electrons. The average molecular weight is 361 g/mol. The second kappa shape index (κ2) is 7.05. The molecular weight excluding hydrogens is 346 g/mol. The maximum absolute atomic E-state index is 12.3. The molecule has 24 heavy (non-hydrogen) atoms. The van der Waals surface area contributed by atoms with Gasteiger partial charge >= 0.3 is 0 Å². The van der Waals surface area contributed by atoms with Crippen molar-refractivity contribution in [2.24, 2.45) is 7.05 Å². The molecule has 0 saturated heterocycles. The SMILES string of the molecule is Cc1nnc(NC(=O)[C@H](C)Sc2nnc(-c3ccncc3)n2C)s1. The number of carbonyl (C=O) groups is 1. The van der Waals surface area contributed by atoms with E-state index in [1.165, 1.54) is 23.1 Å². The van der Waals surface area contributed by atoms with Crippen molar-refractivity contribution in [3.8, 4) is 11.4 Å². The Morgan fingerprint density at radius 2 is 2.00 bits per heavy atom. The summed E-state index contributed by atoms with van der Waals surface area (Å²) in [6.07, 6.45) is 3.41. The summed E-state index contributed by atoms with van der Waals surface area (Å²) in [6.45, 7) is 3.65. The topological polar surface area (TPSA) is 98.5 Å². The zero-order chi connectivity index (χ0) is 17.1. The molecule has 3 rings (SSSR count). The summed E-state index contributed by atoms with van der Waals surface area (Å²) in [5.41, 5.74) is 0.924. The molecule has 3 heterocycles. The minimum absolute atomic E-state index is 0.149. The average Bonchev–Trinajstić information content (AvgIpc) is 3.14. The van der Waals surface area contributed by atoms with Gasteiger partial charge in [-0.3, -0.25) is 15.1 Å². The van der Waals surface area contributed by atoms with Crippen LogP contribution in [-0.2, 0) is 11.8 Å². The van der Waals surface area contributed by atoms with E-state index in [1.54, 1.807) is 12.4 Å². The summed E-state index contributed by atoms with van der Waals surface area (Å²) in [7, 11) is 1.87. The molecule has 0 saturated carbocycles. The largest absolute Gasteiger partial charge is 0.305 e. The van der Waals surface area contributed by atoms with Crippen molar-refractivity contribution in [1.82, 2.24) is 29.9 Å². The number of thioether (sulfide) groups is 1. The van der Waals surface area contributed by atoms with Crippen molar-refractivity contribution < 1.29 is 4.79 Å². The first-order valence-electron chi connectivity index (χ1n) is 7.12. The number of hydrogen-bond donors (Lipinski definition) is 1. The number of hydrogen-bond acceptors (Lipinski definition) is 8. The molecule has 0 fully saturated rings. The highest BCUT2D eigenvalue weighted by molar-refractivity contribution is 8.00. The summed E-state index contributed by atoms with van der Waals surface area (Å²) in [5, 5.41) is 20.5. The normalized spacial score (nSPS) is 12.1. The Morgan fingerprint density at radius 3 is 2.67 bits per heavy atom. The van der Waals surface area contributed by atoms with Crippen LogP contribution in [0.15, 0.2) is 29.7 Å². The number of pyridine rings is 1. The number of amides is 1. The van der Waals surface area contributed by atoms with Gasteiger partial charge in [-0.2, -0.15) is 0 Å². The van der Waals surface area contributed by atoms with Crippen LogP contribution < -0.4 is 5.32 Å². The van der Waals surface area contributed by atoms with Crippen molar-refractivity contribution in [2.45, 2.75) is 24.3 Å². The van der Waals surface area contributed by atoms with Crippen molar-refractivity contribution in [3.05, 3.63) is 29.5 Å². The Morgan fingerprint density at radius 1 is 1.25 bits per heavy atom. The smallest absolute Gasteiger partial charge is 0.239 e. The maximum Gasteiger partial charge on any atom is 0.239 e. The van der Waals surface area contributed by atoms with Crippen LogP contribution in [0.1, 0.15) is 11.9 Å². The number of rotatable bonds is 5. The molecule has 0 aliphatic rings. The molecule has 0 aromatic carbocycles. The molecule has 124 valence electrons. The maximum atomic E-state index is 12.3. The van der Waals surface area contributed by atoms with E-state index in [0.29, 0.717) is 10.3 Å².